The molecular weight excluding hydrogens is 284 g/mol. The number of aliphatic hydroxyl groups is 1. The zero-order chi connectivity index (χ0) is 16.1. The molecule has 22 heavy (non-hydrogen) atoms. The number of nitrogens with zero attached hydrogens (tertiary/aromatic N) is 2. The molecule has 0 radical (unpaired) electrons. The third kappa shape index (κ3) is 3.39. The van der Waals surface area contributed by atoms with E-state index in [9.17, 15) is 9.90 Å². The Hall–Kier alpha value is -1.66. The van der Waals surface area contributed by atoms with E-state index in [1.807, 2.05) is 0 Å². The maximum atomic E-state index is 12.7. The number of carbonyl (C=O) groups is 1. The highest BCUT2D eigenvalue weighted by molar-refractivity contribution is 5.96. The number of aliphatic hydroxyl groups excluding tert-OH is 1. The van der Waals surface area contributed by atoms with Gasteiger partial charge in [-0.25, -0.2) is 4.98 Å². The molecule has 1 N–H and O–H groups in total. The van der Waals surface area contributed by atoms with Crippen LogP contribution in [0, 0.1) is 0 Å². The van der Waals surface area contributed by atoms with Gasteiger partial charge in [-0.1, -0.05) is 12.8 Å². The summed E-state index contributed by atoms with van der Waals surface area (Å²) in [6.45, 7) is 0. The third-order valence-electron chi connectivity index (χ3n) is 4.33. The Kier molecular flexibility index (Phi) is 5.74. The predicted molar refractivity (Wildman–Crippen MR) is 81.9 cm³/mol. The van der Waals surface area contributed by atoms with E-state index in [4.69, 9.17) is 9.47 Å². The summed E-state index contributed by atoms with van der Waals surface area (Å²) in [6.07, 6.45) is 4.17. The monoisotopic (exact) mass is 308 g/mol. The molecular formula is C16H24N2O4. The molecule has 1 aliphatic carbocycles. The SMILES string of the molecule is COc1ncccc1C(=O)N(C)[C@@H]1CCCC[C@@H](OC)[C@@H]1O. The molecule has 0 aliphatic heterocycles. The van der Waals surface area contributed by atoms with Crippen LogP contribution in [0.25, 0.3) is 0 Å². The molecule has 0 unspecified atom stereocenters. The number of methoxy groups -OCH3 is 2. The molecule has 1 heterocycles. The second kappa shape index (κ2) is 7.56. The average molecular weight is 308 g/mol. The number of aromatic nitrogens is 1. The summed E-state index contributed by atoms with van der Waals surface area (Å²) in [6, 6.07) is 3.11. The van der Waals surface area contributed by atoms with Crippen molar-refractivity contribution in [2.45, 2.75) is 43.9 Å². The lowest BCUT2D eigenvalue weighted by atomic mass is 10.0. The van der Waals surface area contributed by atoms with Crippen molar-refractivity contribution >= 4 is 5.91 Å². The van der Waals surface area contributed by atoms with Gasteiger partial charge in [0.1, 0.15) is 11.7 Å². The molecule has 6 nitrogen and oxygen atoms in total. The van der Waals surface area contributed by atoms with Crippen LogP contribution in [-0.2, 0) is 4.74 Å². The van der Waals surface area contributed by atoms with E-state index < -0.39 is 6.10 Å². The van der Waals surface area contributed by atoms with E-state index in [1.165, 1.54) is 7.11 Å². The molecule has 1 aliphatic rings. The first-order valence-corrected chi connectivity index (χ1v) is 7.57. The quantitative estimate of drug-likeness (QED) is 0.853. The molecule has 2 rings (SSSR count). The van der Waals surface area contributed by atoms with Crippen LogP contribution >= 0.6 is 0 Å². The Morgan fingerprint density at radius 3 is 2.77 bits per heavy atom. The van der Waals surface area contributed by atoms with Crippen molar-refractivity contribution in [2.24, 2.45) is 0 Å². The summed E-state index contributed by atoms with van der Waals surface area (Å²) < 4.78 is 10.5. The van der Waals surface area contributed by atoms with Gasteiger partial charge in [-0.3, -0.25) is 4.79 Å². The van der Waals surface area contributed by atoms with Gasteiger partial charge >= 0.3 is 0 Å². The van der Waals surface area contributed by atoms with Gasteiger partial charge in [-0.2, -0.15) is 0 Å². The molecule has 0 saturated heterocycles. The van der Waals surface area contributed by atoms with Crippen molar-refractivity contribution in [3.8, 4) is 5.88 Å². The van der Waals surface area contributed by atoms with Gasteiger partial charge in [0.25, 0.3) is 5.91 Å². The lowest BCUT2D eigenvalue weighted by Gasteiger charge is -2.33. The zero-order valence-electron chi connectivity index (χ0n) is 13.4. The smallest absolute Gasteiger partial charge is 0.259 e. The molecule has 0 bridgehead atoms. The van der Waals surface area contributed by atoms with E-state index in [0.29, 0.717) is 11.4 Å². The largest absolute Gasteiger partial charge is 0.480 e. The minimum atomic E-state index is -0.691. The Morgan fingerprint density at radius 2 is 2.09 bits per heavy atom. The van der Waals surface area contributed by atoms with Crippen LogP contribution in [0.15, 0.2) is 18.3 Å². The maximum absolute atomic E-state index is 12.7. The van der Waals surface area contributed by atoms with Crippen molar-refractivity contribution in [3.05, 3.63) is 23.9 Å². The fraction of sp³-hybridized carbons (Fsp3) is 0.625. The summed E-state index contributed by atoms with van der Waals surface area (Å²) in [7, 11) is 4.80. The lowest BCUT2D eigenvalue weighted by Crippen LogP contribution is -2.49. The van der Waals surface area contributed by atoms with Crippen molar-refractivity contribution in [1.82, 2.24) is 9.88 Å². The summed E-state index contributed by atoms with van der Waals surface area (Å²) in [5, 5.41) is 10.5. The van der Waals surface area contributed by atoms with Crippen LogP contribution in [0.2, 0.25) is 0 Å². The number of likely N-dealkylation sites (N-methyl/N-ethyl adjacent to an activating group) is 1. The molecule has 1 saturated carbocycles. The molecule has 3 atom stereocenters. The van der Waals surface area contributed by atoms with Crippen LogP contribution in [0.1, 0.15) is 36.0 Å². The van der Waals surface area contributed by atoms with Gasteiger partial charge in [-0.05, 0) is 25.0 Å². The number of hydrogen-bond acceptors (Lipinski definition) is 5. The van der Waals surface area contributed by atoms with Gasteiger partial charge in [0.2, 0.25) is 5.88 Å². The molecule has 0 aromatic carbocycles. The number of carbonyl (C=O) groups excluding carboxylic acids is 1. The molecule has 1 amide bonds. The van der Waals surface area contributed by atoms with Crippen LogP contribution in [0.4, 0.5) is 0 Å². The van der Waals surface area contributed by atoms with Crippen molar-refractivity contribution in [1.29, 1.82) is 0 Å². The average Bonchev–Trinajstić information content (AvgIpc) is 2.74. The molecule has 1 aromatic rings. The Morgan fingerprint density at radius 1 is 1.36 bits per heavy atom. The van der Waals surface area contributed by atoms with E-state index in [1.54, 1.807) is 37.4 Å². The zero-order valence-corrected chi connectivity index (χ0v) is 13.4. The number of ether oxygens (including phenoxy) is 2. The fourth-order valence-corrected chi connectivity index (χ4v) is 3.03. The first-order valence-electron chi connectivity index (χ1n) is 7.57. The minimum Gasteiger partial charge on any atom is -0.480 e. The Labute approximate surface area is 131 Å². The third-order valence-corrected chi connectivity index (χ3v) is 4.33. The summed E-state index contributed by atoms with van der Waals surface area (Å²) in [4.78, 5) is 18.4. The molecule has 6 heteroatoms. The van der Waals surface area contributed by atoms with Gasteiger partial charge in [-0.15, -0.1) is 0 Å². The van der Waals surface area contributed by atoms with Crippen molar-refractivity contribution in [3.63, 3.8) is 0 Å². The predicted octanol–water partition coefficient (Wildman–Crippen LogP) is 1.48. The first-order chi connectivity index (χ1) is 10.6. The highest BCUT2D eigenvalue weighted by atomic mass is 16.5. The van der Waals surface area contributed by atoms with E-state index in [0.717, 1.165) is 25.7 Å². The Bertz CT molecular complexity index is 509. The van der Waals surface area contributed by atoms with Gasteiger partial charge in [0.05, 0.1) is 19.3 Å². The lowest BCUT2D eigenvalue weighted by molar-refractivity contribution is -0.0463. The topological polar surface area (TPSA) is 71.9 Å². The highest BCUT2D eigenvalue weighted by Crippen LogP contribution is 2.26. The maximum Gasteiger partial charge on any atom is 0.259 e. The summed E-state index contributed by atoms with van der Waals surface area (Å²) in [5.74, 6) is 0.0940. The number of amides is 1. The second-order valence-corrected chi connectivity index (χ2v) is 5.59. The standard InChI is InChI=1S/C16H24N2O4/c1-18(12-8-4-5-9-13(21-2)14(12)19)16(20)11-7-6-10-17-15(11)22-3/h6-7,10,12-14,19H,4-5,8-9H2,1-3H3/t12-,13-,14-/m1/s1. The van der Waals surface area contributed by atoms with E-state index in [-0.39, 0.29) is 18.1 Å². The normalized spacial score (nSPS) is 25.4. The summed E-state index contributed by atoms with van der Waals surface area (Å²) >= 11 is 0. The van der Waals surface area contributed by atoms with Crippen LogP contribution in [0.3, 0.4) is 0 Å². The van der Waals surface area contributed by atoms with Crippen LogP contribution < -0.4 is 4.74 Å². The van der Waals surface area contributed by atoms with Crippen LogP contribution in [0.5, 0.6) is 5.88 Å². The second-order valence-electron chi connectivity index (χ2n) is 5.59. The molecule has 0 spiro atoms. The van der Waals surface area contributed by atoms with Gasteiger partial charge in [0, 0.05) is 20.4 Å². The summed E-state index contributed by atoms with van der Waals surface area (Å²) in [5.41, 5.74) is 0.401. The van der Waals surface area contributed by atoms with E-state index in [2.05, 4.69) is 4.98 Å². The van der Waals surface area contributed by atoms with Crippen molar-refractivity contribution in [2.75, 3.05) is 21.3 Å². The van der Waals surface area contributed by atoms with E-state index >= 15 is 0 Å². The fourth-order valence-electron chi connectivity index (χ4n) is 3.03. The minimum absolute atomic E-state index is 0.203. The number of pyridine rings is 1. The van der Waals surface area contributed by atoms with Gasteiger partial charge < -0.3 is 19.5 Å². The number of rotatable bonds is 4. The van der Waals surface area contributed by atoms with Crippen LogP contribution in [-0.4, -0.2) is 60.4 Å². The van der Waals surface area contributed by atoms with Crippen molar-refractivity contribution < 1.29 is 19.4 Å². The first kappa shape index (κ1) is 16.7. The highest BCUT2D eigenvalue weighted by Gasteiger charge is 2.35. The molecule has 1 fully saturated rings. The molecule has 122 valence electrons. The molecule has 1 aromatic heterocycles. The number of hydrogen-bond donors (Lipinski definition) is 1. The Balaban J connectivity index is 2.21. The van der Waals surface area contributed by atoms with Gasteiger partial charge in [0.15, 0.2) is 0 Å².